The zero-order chi connectivity index (χ0) is 14.8. The van der Waals surface area contributed by atoms with Gasteiger partial charge in [-0.2, -0.15) is 0 Å². The summed E-state index contributed by atoms with van der Waals surface area (Å²) in [5.41, 5.74) is 5.64. The molecular formula is C17H18BrFN2. The van der Waals surface area contributed by atoms with E-state index in [4.69, 9.17) is 5.84 Å². The Kier molecular flexibility index (Phi) is 4.38. The van der Waals surface area contributed by atoms with Crippen LogP contribution in [0, 0.1) is 5.82 Å². The van der Waals surface area contributed by atoms with Crippen molar-refractivity contribution in [3.05, 3.63) is 69.4 Å². The predicted octanol–water partition coefficient (Wildman–Crippen LogP) is 4.41. The van der Waals surface area contributed by atoms with Crippen LogP contribution < -0.4 is 11.3 Å². The molecule has 0 bridgehead atoms. The average Bonchev–Trinajstić information content (AvgIpc) is 2.40. The van der Waals surface area contributed by atoms with Crippen molar-refractivity contribution < 1.29 is 4.39 Å². The van der Waals surface area contributed by atoms with E-state index in [1.165, 1.54) is 30.9 Å². The molecule has 0 amide bonds. The first-order valence-corrected chi connectivity index (χ1v) is 7.99. The van der Waals surface area contributed by atoms with Crippen LogP contribution in [0.1, 0.15) is 47.9 Å². The van der Waals surface area contributed by atoms with Crippen molar-refractivity contribution in [2.45, 2.75) is 31.2 Å². The second kappa shape index (κ2) is 6.26. The van der Waals surface area contributed by atoms with Crippen molar-refractivity contribution in [1.29, 1.82) is 0 Å². The molecule has 3 N–H and O–H groups in total. The smallest absolute Gasteiger partial charge is 0.129 e. The number of benzene rings is 2. The first-order chi connectivity index (χ1) is 10.2. The van der Waals surface area contributed by atoms with E-state index in [0.717, 1.165) is 10.0 Å². The van der Waals surface area contributed by atoms with E-state index >= 15 is 0 Å². The molecule has 1 saturated carbocycles. The number of hydrogen-bond donors (Lipinski definition) is 2. The number of halogens is 2. The number of hydrazine groups is 1. The summed E-state index contributed by atoms with van der Waals surface area (Å²) in [7, 11) is 0. The van der Waals surface area contributed by atoms with Crippen LogP contribution in [-0.4, -0.2) is 0 Å². The van der Waals surface area contributed by atoms with Gasteiger partial charge in [-0.3, -0.25) is 5.84 Å². The highest BCUT2D eigenvalue weighted by Crippen LogP contribution is 2.37. The third kappa shape index (κ3) is 3.03. The summed E-state index contributed by atoms with van der Waals surface area (Å²) in [6.07, 6.45) is 3.79. The Morgan fingerprint density at radius 1 is 1.19 bits per heavy atom. The van der Waals surface area contributed by atoms with Gasteiger partial charge in [0.05, 0.1) is 6.04 Å². The summed E-state index contributed by atoms with van der Waals surface area (Å²) in [5.74, 6) is 6.08. The lowest BCUT2D eigenvalue weighted by Gasteiger charge is -2.27. The second-order valence-electron chi connectivity index (χ2n) is 5.56. The molecule has 1 fully saturated rings. The van der Waals surface area contributed by atoms with Crippen LogP contribution in [0.5, 0.6) is 0 Å². The Hall–Kier alpha value is -1.23. The molecule has 1 aliphatic rings. The normalized spacial score (nSPS) is 16.5. The molecule has 0 aromatic heterocycles. The summed E-state index contributed by atoms with van der Waals surface area (Å²) in [6, 6.07) is 13.1. The fraction of sp³-hybridized carbons (Fsp3) is 0.294. The van der Waals surface area contributed by atoms with Gasteiger partial charge < -0.3 is 0 Å². The van der Waals surface area contributed by atoms with Crippen LogP contribution in [0.25, 0.3) is 0 Å². The van der Waals surface area contributed by atoms with E-state index in [2.05, 4.69) is 33.5 Å². The fourth-order valence-electron chi connectivity index (χ4n) is 2.84. The highest BCUT2D eigenvalue weighted by molar-refractivity contribution is 9.10. The van der Waals surface area contributed by atoms with Crippen LogP contribution in [0.2, 0.25) is 0 Å². The Bertz CT molecular complexity index is 640. The molecule has 3 rings (SSSR count). The van der Waals surface area contributed by atoms with Gasteiger partial charge >= 0.3 is 0 Å². The maximum atomic E-state index is 14.2. The minimum absolute atomic E-state index is 0.263. The molecular weight excluding hydrogens is 331 g/mol. The standard InChI is InChI=1S/C17H18BrFN2/c18-14-7-8-15(16(19)10-14)17(21-20)13-6-2-5-12(9-13)11-3-1-4-11/h2,5-11,17,21H,1,3-4,20H2. The number of hydrogen-bond acceptors (Lipinski definition) is 2. The monoisotopic (exact) mass is 348 g/mol. The largest absolute Gasteiger partial charge is 0.271 e. The van der Waals surface area contributed by atoms with Gasteiger partial charge in [-0.05, 0) is 42.0 Å². The third-order valence-electron chi connectivity index (χ3n) is 4.26. The van der Waals surface area contributed by atoms with Crippen molar-refractivity contribution in [2.75, 3.05) is 0 Å². The average molecular weight is 349 g/mol. The van der Waals surface area contributed by atoms with E-state index in [1.807, 2.05) is 18.2 Å². The van der Waals surface area contributed by atoms with Gasteiger partial charge in [0.1, 0.15) is 5.82 Å². The molecule has 110 valence electrons. The Balaban J connectivity index is 1.95. The van der Waals surface area contributed by atoms with Crippen LogP contribution in [0.3, 0.4) is 0 Å². The van der Waals surface area contributed by atoms with E-state index in [1.54, 1.807) is 6.07 Å². The second-order valence-corrected chi connectivity index (χ2v) is 6.48. The molecule has 1 unspecified atom stereocenters. The first-order valence-electron chi connectivity index (χ1n) is 7.20. The van der Waals surface area contributed by atoms with Crippen molar-refractivity contribution in [1.82, 2.24) is 5.43 Å². The lowest BCUT2D eigenvalue weighted by molar-refractivity contribution is 0.419. The zero-order valence-electron chi connectivity index (χ0n) is 11.7. The summed E-state index contributed by atoms with van der Waals surface area (Å²) in [6.45, 7) is 0. The quantitative estimate of drug-likeness (QED) is 0.634. The van der Waals surface area contributed by atoms with Crippen LogP contribution >= 0.6 is 15.9 Å². The summed E-state index contributed by atoms with van der Waals surface area (Å²) >= 11 is 3.28. The number of nitrogens with two attached hydrogens (primary N) is 1. The van der Waals surface area contributed by atoms with Gasteiger partial charge in [0.25, 0.3) is 0 Å². The fourth-order valence-corrected chi connectivity index (χ4v) is 3.17. The lowest BCUT2D eigenvalue weighted by Crippen LogP contribution is -2.29. The van der Waals surface area contributed by atoms with Crippen LogP contribution in [0.4, 0.5) is 4.39 Å². The van der Waals surface area contributed by atoms with Crippen LogP contribution in [-0.2, 0) is 0 Å². The molecule has 2 aromatic carbocycles. The van der Waals surface area contributed by atoms with E-state index < -0.39 is 0 Å². The van der Waals surface area contributed by atoms with Gasteiger partial charge in [0, 0.05) is 10.0 Å². The molecule has 0 radical (unpaired) electrons. The van der Waals surface area contributed by atoms with E-state index in [9.17, 15) is 4.39 Å². The first kappa shape index (κ1) is 14.7. The van der Waals surface area contributed by atoms with Crippen molar-refractivity contribution in [3.63, 3.8) is 0 Å². The zero-order valence-corrected chi connectivity index (χ0v) is 13.2. The summed E-state index contributed by atoms with van der Waals surface area (Å²) < 4.78 is 14.9. The molecule has 4 heteroatoms. The topological polar surface area (TPSA) is 38.0 Å². The molecule has 2 nitrogen and oxygen atoms in total. The molecule has 0 saturated heterocycles. The van der Waals surface area contributed by atoms with E-state index in [0.29, 0.717) is 11.5 Å². The number of nitrogens with one attached hydrogen (secondary N) is 1. The Morgan fingerprint density at radius 3 is 2.62 bits per heavy atom. The molecule has 1 atom stereocenters. The van der Waals surface area contributed by atoms with Gasteiger partial charge in [0.2, 0.25) is 0 Å². The van der Waals surface area contributed by atoms with Crippen LogP contribution in [0.15, 0.2) is 46.9 Å². The maximum Gasteiger partial charge on any atom is 0.129 e. The summed E-state index contributed by atoms with van der Waals surface area (Å²) in [5, 5.41) is 0. The summed E-state index contributed by atoms with van der Waals surface area (Å²) in [4.78, 5) is 0. The van der Waals surface area contributed by atoms with Crippen molar-refractivity contribution in [2.24, 2.45) is 5.84 Å². The Labute approximate surface area is 132 Å². The molecule has 1 aliphatic carbocycles. The lowest BCUT2D eigenvalue weighted by atomic mass is 9.79. The van der Waals surface area contributed by atoms with Gasteiger partial charge in [-0.15, -0.1) is 0 Å². The molecule has 21 heavy (non-hydrogen) atoms. The molecule has 2 aromatic rings. The minimum Gasteiger partial charge on any atom is -0.271 e. The minimum atomic E-state index is -0.335. The highest BCUT2D eigenvalue weighted by Gasteiger charge is 2.22. The number of rotatable bonds is 4. The van der Waals surface area contributed by atoms with Gasteiger partial charge in [0.15, 0.2) is 0 Å². The van der Waals surface area contributed by atoms with Crippen molar-refractivity contribution >= 4 is 15.9 Å². The SMILES string of the molecule is NNC(c1cccc(C2CCC2)c1)c1ccc(Br)cc1F. The Morgan fingerprint density at radius 2 is 2.00 bits per heavy atom. The molecule has 0 spiro atoms. The molecule has 0 heterocycles. The highest BCUT2D eigenvalue weighted by atomic mass is 79.9. The van der Waals surface area contributed by atoms with Gasteiger partial charge in [-0.25, -0.2) is 9.82 Å². The third-order valence-corrected chi connectivity index (χ3v) is 4.75. The van der Waals surface area contributed by atoms with Crippen molar-refractivity contribution in [3.8, 4) is 0 Å². The predicted molar refractivity (Wildman–Crippen MR) is 86.3 cm³/mol. The van der Waals surface area contributed by atoms with Gasteiger partial charge in [-0.1, -0.05) is 52.7 Å². The van der Waals surface area contributed by atoms with E-state index in [-0.39, 0.29) is 11.9 Å². The molecule has 0 aliphatic heterocycles. The maximum absolute atomic E-state index is 14.2.